The zero-order chi connectivity index (χ0) is 24.6. The molecule has 3 rings (SSSR count). The van der Waals surface area contributed by atoms with Crippen LogP contribution in [-0.4, -0.2) is 55.8 Å². The molecule has 1 aromatic carbocycles. The fourth-order valence-electron chi connectivity index (χ4n) is 4.02. The number of allylic oxidation sites excluding steroid dienone is 3. The van der Waals surface area contributed by atoms with Crippen LogP contribution in [0.2, 0.25) is 0 Å². The second-order valence-electron chi connectivity index (χ2n) is 8.61. The average molecular weight is 469 g/mol. The van der Waals surface area contributed by atoms with E-state index in [0.29, 0.717) is 35.7 Å². The maximum Gasteiger partial charge on any atom is 0.225 e. The Labute approximate surface area is 202 Å². The number of methoxy groups -OCH3 is 1. The molecule has 0 spiro atoms. The van der Waals surface area contributed by atoms with Crippen molar-refractivity contribution in [3.8, 4) is 17.2 Å². The quantitative estimate of drug-likeness (QED) is 0.299. The van der Waals surface area contributed by atoms with E-state index in [0.717, 1.165) is 43.7 Å². The fraction of sp³-hybridized carbons (Fsp3) is 0.481. The molecule has 0 N–H and O–H groups in total. The molecule has 7 heteroatoms. The molecule has 1 aliphatic rings. The number of hydrogen-bond acceptors (Lipinski definition) is 6. The second kappa shape index (κ2) is 11.9. The SMILES string of the molecule is C=C/C=C(\C)Oc1ccnc2cc(OCCC(=O)N(CC)CCC3(CC)COC3)c(OC)cc12. The van der Waals surface area contributed by atoms with E-state index in [1.807, 2.05) is 30.9 Å². The van der Waals surface area contributed by atoms with E-state index >= 15 is 0 Å². The molecule has 1 saturated heterocycles. The normalized spacial score (nSPS) is 14.9. The highest BCUT2D eigenvalue weighted by molar-refractivity contribution is 5.88. The second-order valence-corrected chi connectivity index (χ2v) is 8.61. The Morgan fingerprint density at radius 3 is 2.68 bits per heavy atom. The Hall–Kier alpha value is -3.06. The van der Waals surface area contributed by atoms with Gasteiger partial charge in [0.2, 0.25) is 5.91 Å². The van der Waals surface area contributed by atoms with Crippen molar-refractivity contribution in [3.63, 3.8) is 0 Å². The van der Waals surface area contributed by atoms with Crippen LogP contribution in [-0.2, 0) is 9.53 Å². The van der Waals surface area contributed by atoms with E-state index in [4.69, 9.17) is 18.9 Å². The summed E-state index contributed by atoms with van der Waals surface area (Å²) in [7, 11) is 1.59. The number of benzene rings is 1. The van der Waals surface area contributed by atoms with Gasteiger partial charge in [-0.2, -0.15) is 0 Å². The van der Waals surface area contributed by atoms with E-state index in [9.17, 15) is 4.79 Å². The molecule has 1 aliphatic heterocycles. The van der Waals surface area contributed by atoms with Gasteiger partial charge in [-0.25, -0.2) is 0 Å². The van der Waals surface area contributed by atoms with Crippen molar-refractivity contribution in [3.05, 3.63) is 48.9 Å². The van der Waals surface area contributed by atoms with E-state index in [2.05, 4.69) is 18.5 Å². The van der Waals surface area contributed by atoms with Gasteiger partial charge < -0.3 is 23.8 Å². The third-order valence-electron chi connectivity index (χ3n) is 6.40. The molecule has 0 unspecified atom stereocenters. The predicted molar refractivity (Wildman–Crippen MR) is 133 cm³/mol. The van der Waals surface area contributed by atoms with Crippen LogP contribution in [0.15, 0.2) is 48.9 Å². The van der Waals surface area contributed by atoms with Crippen molar-refractivity contribution < 1.29 is 23.7 Å². The third kappa shape index (κ3) is 6.08. The number of amides is 1. The van der Waals surface area contributed by atoms with Gasteiger partial charge in [0.25, 0.3) is 0 Å². The molecule has 0 bridgehead atoms. The van der Waals surface area contributed by atoms with Crippen LogP contribution in [0, 0.1) is 5.41 Å². The average Bonchev–Trinajstić information content (AvgIpc) is 2.80. The summed E-state index contributed by atoms with van der Waals surface area (Å²) in [4.78, 5) is 19.1. The molecule has 0 atom stereocenters. The summed E-state index contributed by atoms with van der Waals surface area (Å²) in [5.41, 5.74) is 0.951. The maximum absolute atomic E-state index is 12.8. The molecule has 0 aliphatic carbocycles. The summed E-state index contributed by atoms with van der Waals surface area (Å²) in [5, 5.41) is 0.807. The zero-order valence-corrected chi connectivity index (χ0v) is 20.8. The Bertz CT molecular complexity index is 1020. The molecular formula is C27H36N2O5. The Balaban J connectivity index is 1.64. The standard InChI is InChI=1S/C27H36N2O5/c1-6-9-20(4)34-23-10-13-28-22-17-25(24(31-5)16-21(22)23)33-15-11-26(30)29(8-3)14-12-27(7-2)18-32-19-27/h6,9-10,13,16-17H,1,7-8,11-12,14-15,18-19H2,2-5H3/b20-9+. The smallest absolute Gasteiger partial charge is 0.225 e. The number of nitrogens with zero attached hydrogens (tertiary/aromatic N) is 2. The maximum atomic E-state index is 12.8. The molecule has 184 valence electrons. The molecular weight excluding hydrogens is 432 g/mol. The van der Waals surface area contributed by atoms with Gasteiger partial charge in [0.1, 0.15) is 11.5 Å². The molecule has 1 aromatic heterocycles. The summed E-state index contributed by atoms with van der Waals surface area (Å²) >= 11 is 0. The van der Waals surface area contributed by atoms with Crippen molar-refractivity contribution in [2.75, 3.05) is 40.0 Å². The van der Waals surface area contributed by atoms with Crippen LogP contribution in [0.5, 0.6) is 17.2 Å². The lowest BCUT2D eigenvalue weighted by Crippen LogP contribution is -2.45. The van der Waals surface area contributed by atoms with Crippen LogP contribution >= 0.6 is 0 Å². The highest BCUT2D eigenvalue weighted by Crippen LogP contribution is 2.37. The van der Waals surface area contributed by atoms with Gasteiger partial charge in [0.15, 0.2) is 11.5 Å². The number of pyridine rings is 1. The molecule has 34 heavy (non-hydrogen) atoms. The first kappa shape index (κ1) is 25.6. The Morgan fingerprint density at radius 1 is 1.26 bits per heavy atom. The minimum atomic E-state index is 0.0899. The van der Waals surface area contributed by atoms with Gasteiger partial charge in [-0.05, 0) is 44.9 Å². The van der Waals surface area contributed by atoms with E-state index in [1.165, 1.54) is 0 Å². The first-order valence-corrected chi connectivity index (χ1v) is 11.9. The number of rotatable bonds is 13. The van der Waals surface area contributed by atoms with Crippen molar-refractivity contribution in [2.45, 2.75) is 40.0 Å². The van der Waals surface area contributed by atoms with Crippen molar-refractivity contribution >= 4 is 16.8 Å². The first-order chi connectivity index (χ1) is 16.4. The zero-order valence-electron chi connectivity index (χ0n) is 20.8. The van der Waals surface area contributed by atoms with Crippen molar-refractivity contribution in [1.82, 2.24) is 9.88 Å². The number of carbonyl (C=O) groups excluding carboxylic acids is 1. The number of carbonyl (C=O) groups is 1. The van der Waals surface area contributed by atoms with Crippen LogP contribution < -0.4 is 14.2 Å². The molecule has 1 fully saturated rings. The number of hydrogen-bond donors (Lipinski definition) is 0. The van der Waals surface area contributed by atoms with E-state index < -0.39 is 0 Å². The lowest BCUT2D eigenvalue weighted by Gasteiger charge is -2.42. The topological polar surface area (TPSA) is 70.1 Å². The monoisotopic (exact) mass is 468 g/mol. The van der Waals surface area contributed by atoms with Crippen molar-refractivity contribution in [1.29, 1.82) is 0 Å². The van der Waals surface area contributed by atoms with Gasteiger partial charge in [-0.15, -0.1) is 0 Å². The minimum Gasteiger partial charge on any atom is -0.493 e. The van der Waals surface area contributed by atoms with E-state index in [-0.39, 0.29) is 17.9 Å². The summed E-state index contributed by atoms with van der Waals surface area (Å²) in [6.07, 6.45) is 7.50. The van der Waals surface area contributed by atoms with Crippen LogP contribution in [0.1, 0.15) is 40.0 Å². The first-order valence-electron chi connectivity index (χ1n) is 11.9. The highest BCUT2D eigenvalue weighted by atomic mass is 16.5. The minimum absolute atomic E-state index is 0.0899. The van der Waals surface area contributed by atoms with Crippen molar-refractivity contribution in [2.24, 2.45) is 5.41 Å². The summed E-state index contributed by atoms with van der Waals surface area (Å²) in [5.74, 6) is 2.58. The molecule has 2 aromatic rings. The molecule has 1 amide bonds. The number of ether oxygens (including phenoxy) is 4. The van der Waals surface area contributed by atoms with Gasteiger partial charge >= 0.3 is 0 Å². The van der Waals surface area contributed by atoms with Gasteiger partial charge in [-0.3, -0.25) is 9.78 Å². The Kier molecular flexibility index (Phi) is 8.93. The lowest BCUT2D eigenvalue weighted by atomic mass is 9.80. The fourth-order valence-corrected chi connectivity index (χ4v) is 4.02. The van der Waals surface area contributed by atoms with Crippen LogP contribution in [0.4, 0.5) is 0 Å². The van der Waals surface area contributed by atoms with Crippen LogP contribution in [0.25, 0.3) is 10.9 Å². The van der Waals surface area contributed by atoms with Gasteiger partial charge in [0, 0.05) is 36.2 Å². The highest BCUT2D eigenvalue weighted by Gasteiger charge is 2.36. The van der Waals surface area contributed by atoms with E-state index in [1.54, 1.807) is 31.5 Å². The van der Waals surface area contributed by atoms with Gasteiger partial charge in [-0.1, -0.05) is 19.6 Å². The number of fused-ring (bicyclic) bond motifs is 1. The molecule has 2 heterocycles. The largest absolute Gasteiger partial charge is 0.493 e. The molecule has 0 saturated carbocycles. The Morgan fingerprint density at radius 2 is 2.06 bits per heavy atom. The molecule has 7 nitrogen and oxygen atoms in total. The summed E-state index contributed by atoms with van der Waals surface area (Å²) in [6, 6.07) is 5.47. The number of aromatic nitrogens is 1. The lowest BCUT2D eigenvalue weighted by molar-refractivity contribution is -0.137. The summed E-state index contributed by atoms with van der Waals surface area (Å²) in [6.45, 7) is 13.0. The van der Waals surface area contributed by atoms with Gasteiger partial charge in [0.05, 0.1) is 38.9 Å². The predicted octanol–water partition coefficient (Wildman–Crippen LogP) is 5.15. The molecule has 0 radical (unpaired) electrons. The summed E-state index contributed by atoms with van der Waals surface area (Å²) < 4.78 is 22.8. The third-order valence-corrected chi connectivity index (χ3v) is 6.40. The van der Waals surface area contributed by atoms with Crippen LogP contribution in [0.3, 0.4) is 0 Å².